The Hall–Kier alpha value is -3.52. The van der Waals surface area contributed by atoms with Crippen molar-refractivity contribution < 1.29 is 14.0 Å². The van der Waals surface area contributed by atoms with Crippen molar-refractivity contribution in [2.75, 3.05) is 7.05 Å². The molecule has 0 spiro atoms. The van der Waals surface area contributed by atoms with Crippen LogP contribution in [0.3, 0.4) is 0 Å². The number of aromatic nitrogens is 2. The van der Waals surface area contributed by atoms with Crippen molar-refractivity contribution in [2.24, 2.45) is 0 Å². The van der Waals surface area contributed by atoms with Crippen molar-refractivity contribution >= 4 is 28.1 Å². The third-order valence-electron chi connectivity index (χ3n) is 5.14. The smallest absolute Gasteiger partial charge is 0.270 e. The highest BCUT2D eigenvalue weighted by Gasteiger charge is 2.23. The number of rotatable bonds is 4. The number of carbonyl (C=O) groups is 2. The molecule has 0 atom stereocenters. The molecule has 33 heavy (non-hydrogen) atoms. The summed E-state index contributed by atoms with van der Waals surface area (Å²) < 4.78 is 15.1. The number of thiazole rings is 1. The minimum atomic E-state index is -0.352. The van der Waals surface area contributed by atoms with Crippen LogP contribution in [0.5, 0.6) is 0 Å². The van der Waals surface area contributed by atoms with E-state index in [-0.39, 0.29) is 23.2 Å². The van der Waals surface area contributed by atoms with Gasteiger partial charge in [-0.1, -0.05) is 17.4 Å². The lowest BCUT2D eigenvalue weighted by atomic mass is 10.0. The molecular weight excluding hydrogens is 439 g/mol. The first-order chi connectivity index (χ1) is 15.6. The normalized spacial score (nSPS) is 11.6. The Bertz CT molecular complexity index is 1360. The molecule has 0 fully saturated rings. The molecule has 8 heteroatoms. The molecule has 0 aliphatic rings. The van der Waals surface area contributed by atoms with Gasteiger partial charge in [0.05, 0.1) is 4.88 Å². The monoisotopic (exact) mass is 464 g/mol. The number of halogens is 1. The third kappa shape index (κ3) is 4.52. The van der Waals surface area contributed by atoms with E-state index in [2.05, 4.69) is 15.6 Å². The van der Waals surface area contributed by atoms with Crippen LogP contribution in [-0.2, 0) is 0 Å². The van der Waals surface area contributed by atoms with Crippen LogP contribution in [0.4, 0.5) is 4.39 Å². The minimum absolute atomic E-state index is 0.144. The van der Waals surface area contributed by atoms with E-state index in [1.165, 1.54) is 23.5 Å². The number of nitrogens with one attached hydrogen (secondary N) is 2. The maximum Gasteiger partial charge on any atom is 0.270 e. The predicted molar refractivity (Wildman–Crippen MR) is 129 cm³/mol. The van der Waals surface area contributed by atoms with Crippen LogP contribution in [0.2, 0.25) is 0 Å². The summed E-state index contributed by atoms with van der Waals surface area (Å²) >= 11 is 1.42. The summed E-state index contributed by atoms with van der Waals surface area (Å²) in [5.41, 5.74) is 3.65. The number of hydrogen-bond acceptors (Lipinski definition) is 4. The van der Waals surface area contributed by atoms with Crippen molar-refractivity contribution in [3.63, 3.8) is 0 Å². The number of amides is 2. The largest absolute Gasteiger partial charge is 0.354 e. The second-order valence-corrected chi connectivity index (χ2v) is 9.89. The number of imidazole rings is 1. The Morgan fingerprint density at radius 2 is 1.76 bits per heavy atom. The molecule has 4 aromatic rings. The average molecular weight is 465 g/mol. The van der Waals surface area contributed by atoms with Gasteiger partial charge >= 0.3 is 0 Å². The van der Waals surface area contributed by atoms with E-state index in [0.29, 0.717) is 27.5 Å². The Labute approximate surface area is 195 Å². The van der Waals surface area contributed by atoms with Crippen LogP contribution in [0, 0.1) is 12.7 Å². The number of carbonyl (C=O) groups excluding carboxylic acids is 2. The van der Waals surface area contributed by atoms with E-state index >= 15 is 0 Å². The molecule has 4 rings (SSSR count). The number of hydrogen-bond donors (Lipinski definition) is 2. The van der Waals surface area contributed by atoms with Gasteiger partial charge in [-0.2, -0.15) is 0 Å². The van der Waals surface area contributed by atoms with Gasteiger partial charge in [0.2, 0.25) is 0 Å². The fourth-order valence-corrected chi connectivity index (χ4v) is 4.62. The van der Waals surface area contributed by atoms with Crippen molar-refractivity contribution in [3.05, 3.63) is 71.3 Å². The zero-order valence-corrected chi connectivity index (χ0v) is 19.9. The summed E-state index contributed by atoms with van der Waals surface area (Å²) in [6, 6.07) is 11.5. The highest BCUT2D eigenvalue weighted by molar-refractivity contribution is 7.20. The second-order valence-electron chi connectivity index (χ2n) is 8.88. The van der Waals surface area contributed by atoms with Crippen molar-refractivity contribution in [1.82, 2.24) is 20.0 Å². The lowest BCUT2D eigenvalue weighted by Crippen LogP contribution is -2.40. The summed E-state index contributed by atoms with van der Waals surface area (Å²) in [5, 5.41) is 5.65. The molecule has 2 N–H and O–H groups in total. The third-order valence-corrected chi connectivity index (χ3v) is 6.16. The van der Waals surface area contributed by atoms with Gasteiger partial charge < -0.3 is 10.6 Å². The van der Waals surface area contributed by atoms with Crippen molar-refractivity contribution in [2.45, 2.75) is 33.2 Å². The SMILES string of the molecule is CNC(=O)c1c(-c2ccc(F)cc2)nc2sc(-c3cc(C(=O)NC(C)(C)C)ccc3C)cn12. The zero-order chi connectivity index (χ0) is 23.9. The summed E-state index contributed by atoms with van der Waals surface area (Å²) in [7, 11) is 1.56. The summed E-state index contributed by atoms with van der Waals surface area (Å²) in [5.74, 6) is -0.787. The van der Waals surface area contributed by atoms with Gasteiger partial charge in [-0.25, -0.2) is 9.37 Å². The Balaban J connectivity index is 1.81. The molecule has 0 aliphatic heterocycles. The Kier molecular flexibility index (Phi) is 5.80. The molecule has 0 saturated heterocycles. The number of aryl methyl sites for hydroxylation is 1. The first-order valence-corrected chi connectivity index (χ1v) is 11.3. The summed E-state index contributed by atoms with van der Waals surface area (Å²) in [4.78, 5) is 31.6. The average Bonchev–Trinajstić information content (AvgIpc) is 3.30. The van der Waals surface area contributed by atoms with Crippen LogP contribution in [0.15, 0.2) is 48.7 Å². The molecule has 0 bridgehead atoms. The molecule has 2 amide bonds. The van der Waals surface area contributed by atoms with E-state index < -0.39 is 0 Å². The van der Waals surface area contributed by atoms with Crippen molar-refractivity contribution in [1.29, 1.82) is 0 Å². The van der Waals surface area contributed by atoms with Gasteiger partial charge in [0.1, 0.15) is 17.2 Å². The molecule has 0 saturated carbocycles. The van der Waals surface area contributed by atoms with Gasteiger partial charge in [-0.05, 0) is 75.2 Å². The van der Waals surface area contributed by atoms with Gasteiger partial charge in [0.15, 0.2) is 4.96 Å². The minimum Gasteiger partial charge on any atom is -0.354 e. The first-order valence-electron chi connectivity index (χ1n) is 10.5. The maximum absolute atomic E-state index is 13.4. The molecule has 0 radical (unpaired) electrons. The molecule has 0 unspecified atom stereocenters. The molecular formula is C25H25FN4O2S. The van der Waals surface area contributed by atoms with E-state index in [9.17, 15) is 14.0 Å². The van der Waals surface area contributed by atoms with E-state index in [1.807, 2.05) is 46.0 Å². The van der Waals surface area contributed by atoms with Gasteiger partial charge in [0.25, 0.3) is 11.8 Å². The van der Waals surface area contributed by atoms with E-state index in [4.69, 9.17) is 0 Å². The van der Waals surface area contributed by atoms with Crippen LogP contribution in [0.1, 0.15) is 47.2 Å². The lowest BCUT2D eigenvalue weighted by molar-refractivity contribution is 0.0917. The van der Waals surface area contributed by atoms with E-state index in [1.54, 1.807) is 29.6 Å². The van der Waals surface area contributed by atoms with Gasteiger partial charge in [-0.3, -0.25) is 14.0 Å². The molecule has 2 aromatic heterocycles. The fraction of sp³-hybridized carbons (Fsp3) is 0.240. The highest BCUT2D eigenvalue weighted by atomic mass is 32.1. The van der Waals surface area contributed by atoms with Gasteiger partial charge in [0, 0.05) is 29.9 Å². The second kappa shape index (κ2) is 8.44. The summed E-state index contributed by atoms with van der Waals surface area (Å²) in [6.45, 7) is 7.79. The number of nitrogens with zero attached hydrogens (tertiary/aromatic N) is 2. The van der Waals surface area contributed by atoms with Crippen LogP contribution >= 0.6 is 11.3 Å². The number of fused-ring (bicyclic) bond motifs is 1. The molecule has 2 aromatic carbocycles. The molecule has 6 nitrogen and oxygen atoms in total. The Morgan fingerprint density at radius 3 is 2.39 bits per heavy atom. The van der Waals surface area contributed by atoms with Gasteiger partial charge in [-0.15, -0.1) is 0 Å². The zero-order valence-electron chi connectivity index (χ0n) is 19.1. The molecule has 170 valence electrons. The van der Waals surface area contributed by atoms with Crippen molar-refractivity contribution in [3.8, 4) is 21.7 Å². The number of benzene rings is 2. The standard InChI is InChI=1S/C25H25FN4O2S/c1-14-6-7-16(22(31)29-25(2,3)4)12-18(14)19-13-30-21(23(32)27-5)20(28-24(30)33-19)15-8-10-17(26)11-9-15/h6-13H,1-5H3,(H,27,32)(H,29,31). The fourth-order valence-electron chi connectivity index (χ4n) is 3.56. The first kappa shape index (κ1) is 22.7. The van der Waals surface area contributed by atoms with E-state index in [0.717, 1.165) is 16.0 Å². The lowest BCUT2D eigenvalue weighted by Gasteiger charge is -2.20. The topological polar surface area (TPSA) is 75.5 Å². The Morgan fingerprint density at radius 1 is 1.06 bits per heavy atom. The maximum atomic E-state index is 13.4. The predicted octanol–water partition coefficient (Wildman–Crippen LogP) is 5.07. The highest BCUT2D eigenvalue weighted by Crippen LogP contribution is 2.35. The van der Waals surface area contributed by atoms with Crippen LogP contribution in [0.25, 0.3) is 26.7 Å². The molecule has 2 heterocycles. The van der Waals surface area contributed by atoms with Crippen LogP contribution < -0.4 is 10.6 Å². The van der Waals surface area contributed by atoms with Crippen LogP contribution in [-0.4, -0.2) is 33.8 Å². The quantitative estimate of drug-likeness (QED) is 0.443. The summed E-state index contributed by atoms with van der Waals surface area (Å²) in [6.07, 6.45) is 1.86. The molecule has 0 aliphatic carbocycles.